The summed E-state index contributed by atoms with van der Waals surface area (Å²) in [7, 11) is 0. The zero-order chi connectivity index (χ0) is 9.02. The molecule has 0 aromatic rings. The fourth-order valence-corrected chi connectivity index (χ4v) is 0.535. The van der Waals surface area contributed by atoms with E-state index in [4.69, 9.17) is 21.1 Å². The van der Waals surface area contributed by atoms with Crippen LogP contribution < -0.4 is 5.73 Å². The lowest BCUT2D eigenvalue weighted by Gasteiger charge is -2.18. The molecule has 0 aliphatic carbocycles. The predicted octanol–water partition coefficient (Wildman–Crippen LogP) is -2.57. The van der Waals surface area contributed by atoms with Gasteiger partial charge in [-0.3, -0.25) is 4.79 Å². The Bertz CT molecular complexity index is 137. The molecule has 5 N–H and O–H groups in total. The molecule has 3 unspecified atom stereocenters. The van der Waals surface area contributed by atoms with Gasteiger partial charge in [0.25, 0.3) is 0 Å². The van der Waals surface area contributed by atoms with Gasteiger partial charge in [-0.1, -0.05) is 0 Å². The molecule has 0 spiro atoms. The molecule has 0 fully saturated rings. The van der Waals surface area contributed by atoms with E-state index >= 15 is 0 Å². The SMILES string of the molecule is [CH2]C(O)C(O)C(N)C(=O)CO. The summed E-state index contributed by atoms with van der Waals surface area (Å²) in [5.74, 6) is -0.722. The maximum atomic E-state index is 10.6. The topological polar surface area (TPSA) is 104 Å². The molecule has 0 amide bonds. The molecule has 0 aliphatic heterocycles. The van der Waals surface area contributed by atoms with Crippen LogP contribution in [-0.4, -0.2) is 46.0 Å². The van der Waals surface area contributed by atoms with Crippen LogP contribution in [0.5, 0.6) is 0 Å². The van der Waals surface area contributed by atoms with Crippen LogP contribution in [0.1, 0.15) is 0 Å². The molecule has 0 aromatic heterocycles. The van der Waals surface area contributed by atoms with E-state index in [0.717, 1.165) is 0 Å². The molecule has 0 rings (SSSR count). The van der Waals surface area contributed by atoms with Gasteiger partial charge in [-0.25, -0.2) is 0 Å². The number of nitrogens with two attached hydrogens (primary N) is 1. The number of hydrogen-bond donors (Lipinski definition) is 4. The first-order valence-corrected chi connectivity index (χ1v) is 3.09. The first kappa shape index (κ1) is 10.5. The third-order valence-electron chi connectivity index (χ3n) is 1.29. The summed E-state index contributed by atoms with van der Waals surface area (Å²) in [4.78, 5) is 10.6. The number of aliphatic hydroxyl groups excluding tert-OH is 3. The van der Waals surface area contributed by atoms with Gasteiger partial charge in [0.15, 0.2) is 5.78 Å². The molecule has 0 bridgehead atoms. The van der Waals surface area contributed by atoms with E-state index in [-0.39, 0.29) is 0 Å². The van der Waals surface area contributed by atoms with E-state index in [2.05, 4.69) is 6.92 Å². The van der Waals surface area contributed by atoms with Crippen LogP contribution in [0, 0.1) is 6.92 Å². The van der Waals surface area contributed by atoms with Gasteiger partial charge >= 0.3 is 0 Å². The summed E-state index contributed by atoms with van der Waals surface area (Å²) in [5, 5.41) is 25.9. The lowest BCUT2D eigenvalue weighted by Crippen LogP contribution is -2.48. The van der Waals surface area contributed by atoms with Crippen LogP contribution in [0.3, 0.4) is 0 Å². The molecule has 3 atom stereocenters. The first-order valence-electron chi connectivity index (χ1n) is 3.09. The fraction of sp³-hybridized carbons (Fsp3) is 0.667. The number of rotatable bonds is 4. The Kier molecular flexibility index (Phi) is 4.20. The number of carbonyl (C=O) groups is 1. The maximum Gasteiger partial charge on any atom is 0.177 e. The van der Waals surface area contributed by atoms with E-state index in [1.54, 1.807) is 0 Å². The molecule has 0 saturated carbocycles. The minimum Gasteiger partial charge on any atom is -0.390 e. The van der Waals surface area contributed by atoms with Crippen LogP contribution in [0.25, 0.3) is 0 Å². The molecule has 0 saturated heterocycles. The molecular formula is C6H12NO4. The van der Waals surface area contributed by atoms with Gasteiger partial charge in [-0.15, -0.1) is 0 Å². The lowest BCUT2D eigenvalue weighted by molar-refractivity contribution is -0.127. The van der Waals surface area contributed by atoms with Crippen molar-refractivity contribution in [2.45, 2.75) is 18.2 Å². The Morgan fingerprint density at radius 2 is 2.00 bits per heavy atom. The molecule has 0 aromatic carbocycles. The molecule has 5 nitrogen and oxygen atoms in total. The van der Waals surface area contributed by atoms with Gasteiger partial charge < -0.3 is 21.1 Å². The predicted molar refractivity (Wildman–Crippen MR) is 37.4 cm³/mol. The molecule has 65 valence electrons. The van der Waals surface area contributed by atoms with Crippen molar-refractivity contribution in [2.75, 3.05) is 6.61 Å². The standard InChI is InChI=1S/C6H12NO4/c1-3(9)6(11)5(7)4(10)2-8/h3,5-6,8-9,11H,1-2,7H2. The van der Waals surface area contributed by atoms with Crippen molar-refractivity contribution in [2.24, 2.45) is 5.73 Å². The van der Waals surface area contributed by atoms with Crippen molar-refractivity contribution in [1.82, 2.24) is 0 Å². The van der Waals surface area contributed by atoms with Crippen LogP contribution in [0.15, 0.2) is 0 Å². The molecule has 0 aliphatic rings. The number of aliphatic hydroxyl groups is 3. The van der Waals surface area contributed by atoms with E-state index in [1.165, 1.54) is 0 Å². The average molecular weight is 162 g/mol. The van der Waals surface area contributed by atoms with E-state index in [0.29, 0.717) is 0 Å². The highest BCUT2D eigenvalue weighted by Gasteiger charge is 2.25. The summed E-state index contributed by atoms with van der Waals surface area (Å²) in [5.41, 5.74) is 5.11. The van der Waals surface area contributed by atoms with Gasteiger partial charge in [0, 0.05) is 0 Å². The zero-order valence-corrected chi connectivity index (χ0v) is 5.97. The molecular weight excluding hydrogens is 150 g/mol. The Morgan fingerprint density at radius 1 is 1.55 bits per heavy atom. The normalized spacial score (nSPS) is 19.0. The van der Waals surface area contributed by atoms with Gasteiger partial charge in [0.05, 0.1) is 12.1 Å². The molecule has 11 heavy (non-hydrogen) atoms. The van der Waals surface area contributed by atoms with Gasteiger partial charge in [0.2, 0.25) is 0 Å². The summed E-state index contributed by atoms with van der Waals surface area (Å²) < 4.78 is 0. The second-order valence-corrected chi connectivity index (χ2v) is 2.21. The van der Waals surface area contributed by atoms with Crippen molar-refractivity contribution in [1.29, 1.82) is 0 Å². The van der Waals surface area contributed by atoms with Crippen LogP contribution in [-0.2, 0) is 4.79 Å². The minimum atomic E-state index is -1.42. The second kappa shape index (κ2) is 4.40. The van der Waals surface area contributed by atoms with E-state index in [1.807, 2.05) is 0 Å². The quantitative estimate of drug-likeness (QED) is 0.364. The molecule has 0 heterocycles. The highest BCUT2D eigenvalue weighted by atomic mass is 16.3. The number of Topliss-reactive ketones (excluding diaryl/α,β-unsaturated/α-hetero) is 1. The number of carbonyl (C=O) groups excluding carboxylic acids is 1. The average Bonchev–Trinajstić information content (AvgIpc) is 2.00. The van der Waals surface area contributed by atoms with Gasteiger partial charge in [0.1, 0.15) is 12.7 Å². The second-order valence-electron chi connectivity index (χ2n) is 2.21. The van der Waals surface area contributed by atoms with Crippen molar-refractivity contribution < 1.29 is 20.1 Å². The third kappa shape index (κ3) is 2.94. The lowest BCUT2D eigenvalue weighted by atomic mass is 10.0. The highest BCUT2D eigenvalue weighted by molar-refractivity contribution is 5.85. The van der Waals surface area contributed by atoms with Gasteiger partial charge in [-0.05, 0) is 6.92 Å². The summed E-state index contributed by atoms with van der Waals surface area (Å²) in [6.07, 6.45) is -2.74. The summed E-state index contributed by atoms with van der Waals surface area (Å²) in [6.45, 7) is 2.32. The van der Waals surface area contributed by atoms with Gasteiger partial charge in [-0.2, -0.15) is 0 Å². The van der Waals surface area contributed by atoms with Crippen molar-refractivity contribution >= 4 is 5.78 Å². The molecule has 5 heteroatoms. The monoisotopic (exact) mass is 162 g/mol. The smallest absolute Gasteiger partial charge is 0.177 e. The first-order chi connectivity index (χ1) is 5.00. The summed E-state index contributed by atoms with van der Waals surface area (Å²) >= 11 is 0. The zero-order valence-electron chi connectivity index (χ0n) is 5.97. The molecule has 1 radical (unpaired) electrons. The fourth-order valence-electron chi connectivity index (χ4n) is 0.535. The van der Waals surface area contributed by atoms with Crippen LogP contribution in [0.2, 0.25) is 0 Å². The minimum absolute atomic E-state index is 0.722. The van der Waals surface area contributed by atoms with Crippen molar-refractivity contribution in [3.05, 3.63) is 6.92 Å². The Morgan fingerprint density at radius 3 is 2.27 bits per heavy atom. The van der Waals surface area contributed by atoms with Crippen LogP contribution >= 0.6 is 0 Å². The largest absolute Gasteiger partial charge is 0.390 e. The van der Waals surface area contributed by atoms with Crippen molar-refractivity contribution in [3.63, 3.8) is 0 Å². The van der Waals surface area contributed by atoms with Crippen molar-refractivity contribution in [3.8, 4) is 0 Å². The maximum absolute atomic E-state index is 10.6. The number of hydrogen-bond acceptors (Lipinski definition) is 5. The third-order valence-corrected chi connectivity index (χ3v) is 1.29. The number of ketones is 1. The van der Waals surface area contributed by atoms with E-state index in [9.17, 15) is 4.79 Å². The highest BCUT2D eigenvalue weighted by Crippen LogP contribution is 1.97. The summed E-state index contributed by atoms with van der Waals surface area (Å²) in [6, 6.07) is -1.27. The Hall–Kier alpha value is -0.490. The Labute approximate surface area is 64.4 Å². The van der Waals surface area contributed by atoms with E-state index < -0.39 is 30.6 Å². The Balaban J connectivity index is 4.01. The van der Waals surface area contributed by atoms with Crippen LogP contribution in [0.4, 0.5) is 0 Å².